The second-order valence-electron chi connectivity index (χ2n) is 9.67. The average molecular weight is 486 g/mol. The topological polar surface area (TPSA) is 43.2 Å². The van der Waals surface area contributed by atoms with Crippen LogP contribution in [-0.2, 0) is 0 Å². The predicted octanol–water partition coefficient (Wildman–Crippen LogP) is 6.14. The van der Waals surface area contributed by atoms with E-state index in [4.69, 9.17) is 9.98 Å². The number of hydrogen-bond acceptors (Lipinski definition) is 5. The molecule has 37 heavy (non-hydrogen) atoms. The molecule has 0 aromatic heterocycles. The predicted molar refractivity (Wildman–Crippen MR) is 150 cm³/mol. The van der Waals surface area contributed by atoms with E-state index < -0.39 is 0 Å². The normalized spacial score (nSPS) is 23.1. The molecule has 4 atom stereocenters. The van der Waals surface area contributed by atoms with Crippen LogP contribution in [0.25, 0.3) is 0 Å². The lowest BCUT2D eigenvalue weighted by molar-refractivity contribution is 0.350. The van der Waals surface area contributed by atoms with Gasteiger partial charge in [0.05, 0.1) is 12.1 Å². The van der Waals surface area contributed by atoms with Crippen molar-refractivity contribution in [2.45, 2.75) is 24.2 Å². The van der Waals surface area contributed by atoms with E-state index in [0.717, 1.165) is 11.9 Å². The van der Waals surface area contributed by atoms with Gasteiger partial charge >= 0.3 is 0 Å². The summed E-state index contributed by atoms with van der Waals surface area (Å²) < 4.78 is 0. The summed E-state index contributed by atoms with van der Waals surface area (Å²) in [5, 5.41) is 3.63. The standard InChI is InChI=1S/C32H31N5/c1-36-29(25-19-11-5-12-20-25)27(23-15-7-3-8-16-23)33-31(36)35-32-34-28(24-17-9-4-10-18-24)30(37(32)2)26-21-13-6-14-22-26/h3-22,27-30H,1-2H3,(H,33,34,35)/t27-,28-,29-,30-/m0/s1. The molecule has 4 aromatic carbocycles. The van der Waals surface area contributed by atoms with Crippen LogP contribution in [-0.4, -0.2) is 35.8 Å². The van der Waals surface area contributed by atoms with Crippen molar-refractivity contribution in [3.8, 4) is 0 Å². The Kier molecular flexibility index (Phi) is 6.19. The van der Waals surface area contributed by atoms with Crippen LogP contribution in [0.5, 0.6) is 0 Å². The number of rotatable bonds is 4. The van der Waals surface area contributed by atoms with Crippen molar-refractivity contribution in [3.63, 3.8) is 0 Å². The first kappa shape index (κ1) is 23.0. The molecule has 5 nitrogen and oxygen atoms in total. The lowest BCUT2D eigenvalue weighted by atomic mass is 9.94. The molecule has 0 spiro atoms. The zero-order valence-corrected chi connectivity index (χ0v) is 21.1. The molecule has 184 valence electrons. The quantitative estimate of drug-likeness (QED) is 0.377. The largest absolute Gasteiger partial charge is 0.336 e. The second kappa shape index (κ2) is 9.94. The second-order valence-corrected chi connectivity index (χ2v) is 9.67. The summed E-state index contributed by atoms with van der Waals surface area (Å²) in [7, 11) is 4.23. The van der Waals surface area contributed by atoms with Crippen molar-refractivity contribution in [3.05, 3.63) is 144 Å². The summed E-state index contributed by atoms with van der Waals surface area (Å²) in [6.45, 7) is 0. The Balaban J connectivity index is 1.36. The van der Waals surface area contributed by atoms with Crippen LogP contribution in [0.15, 0.2) is 131 Å². The van der Waals surface area contributed by atoms with Crippen LogP contribution in [0.2, 0.25) is 0 Å². The fourth-order valence-electron chi connectivity index (χ4n) is 5.54. The van der Waals surface area contributed by atoms with Gasteiger partial charge in [-0.15, -0.1) is 0 Å². The van der Waals surface area contributed by atoms with E-state index in [2.05, 4.69) is 151 Å². The molecule has 2 heterocycles. The molecule has 0 amide bonds. The van der Waals surface area contributed by atoms with Gasteiger partial charge in [0, 0.05) is 14.1 Å². The van der Waals surface area contributed by atoms with Crippen LogP contribution in [0.3, 0.4) is 0 Å². The van der Waals surface area contributed by atoms with Crippen LogP contribution in [0, 0.1) is 0 Å². The zero-order chi connectivity index (χ0) is 25.2. The highest BCUT2D eigenvalue weighted by molar-refractivity contribution is 6.00. The lowest BCUT2D eigenvalue weighted by Crippen LogP contribution is -2.45. The molecule has 0 unspecified atom stereocenters. The zero-order valence-electron chi connectivity index (χ0n) is 21.1. The third-order valence-electron chi connectivity index (χ3n) is 7.41. The Morgan fingerprint density at radius 2 is 0.757 bits per heavy atom. The molecule has 2 aliphatic rings. The smallest absolute Gasteiger partial charge is 0.201 e. The highest BCUT2D eigenvalue weighted by atomic mass is 15.4. The van der Waals surface area contributed by atoms with Gasteiger partial charge < -0.3 is 9.80 Å². The van der Waals surface area contributed by atoms with Crippen molar-refractivity contribution >= 4 is 11.9 Å². The molecule has 6 rings (SSSR count). The SMILES string of the molecule is CN1C(NC2=N[C@@H](c3ccccc3)[C@H](c3ccccc3)N2C)=N[C@@H](c2ccccc2)[C@@H]1c1ccccc1. The van der Waals surface area contributed by atoms with Crippen molar-refractivity contribution in [2.75, 3.05) is 14.1 Å². The van der Waals surface area contributed by atoms with Crippen LogP contribution in [0.4, 0.5) is 0 Å². The molecule has 5 heteroatoms. The minimum absolute atomic E-state index is 0.0155. The first-order valence-corrected chi connectivity index (χ1v) is 12.8. The maximum Gasteiger partial charge on any atom is 0.201 e. The molecular formula is C32H31N5. The number of nitrogens with zero attached hydrogens (tertiary/aromatic N) is 4. The third kappa shape index (κ3) is 4.38. The average Bonchev–Trinajstić information content (AvgIpc) is 3.47. The number of likely N-dealkylation sites (N-methyl/N-ethyl adjacent to an activating group) is 2. The Labute approximate surface area is 218 Å². The summed E-state index contributed by atoms with van der Waals surface area (Å²) in [6.07, 6.45) is 0. The number of hydrogen-bond donors (Lipinski definition) is 1. The summed E-state index contributed by atoms with van der Waals surface area (Å²) >= 11 is 0. The minimum atomic E-state index is -0.0155. The molecular weight excluding hydrogens is 454 g/mol. The Morgan fingerprint density at radius 3 is 1.08 bits per heavy atom. The fraction of sp³-hybridized carbons (Fsp3) is 0.188. The van der Waals surface area contributed by atoms with Gasteiger partial charge in [-0.2, -0.15) is 0 Å². The Hall–Kier alpha value is -4.38. The summed E-state index contributed by atoms with van der Waals surface area (Å²) in [6, 6.07) is 42.5. The molecule has 0 fully saturated rings. The Bertz CT molecular complexity index is 1280. The van der Waals surface area contributed by atoms with Crippen LogP contribution >= 0.6 is 0 Å². The summed E-state index contributed by atoms with van der Waals surface area (Å²) in [5.41, 5.74) is 4.88. The van der Waals surface area contributed by atoms with Crippen molar-refractivity contribution in [1.29, 1.82) is 0 Å². The number of nitrogens with one attached hydrogen (secondary N) is 1. The van der Waals surface area contributed by atoms with Gasteiger partial charge in [0.25, 0.3) is 0 Å². The molecule has 0 radical (unpaired) electrons. The first-order valence-electron chi connectivity index (χ1n) is 12.8. The van der Waals surface area contributed by atoms with Gasteiger partial charge in [0.2, 0.25) is 11.9 Å². The fourth-order valence-corrected chi connectivity index (χ4v) is 5.54. The highest BCUT2D eigenvalue weighted by Gasteiger charge is 2.40. The van der Waals surface area contributed by atoms with E-state index in [1.54, 1.807) is 0 Å². The highest BCUT2D eigenvalue weighted by Crippen LogP contribution is 2.43. The van der Waals surface area contributed by atoms with E-state index in [-0.39, 0.29) is 24.2 Å². The van der Waals surface area contributed by atoms with E-state index in [9.17, 15) is 0 Å². The number of aliphatic imine (C=N–C) groups is 2. The van der Waals surface area contributed by atoms with E-state index in [1.807, 2.05) is 0 Å². The number of guanidine groups is 2. The third-order valence-corrected chi connectivity index (χ3v) is 7.41. The Morgan fingerprint density at radius 1 is 0.459 bits per heavy atom. The van der Waals surface area contributed by atoms with Gasteiger partial charge in [-0.05, 0) is 22.3 Å². The lowest BCUT2D eigenvalue weighted by Gasteiger charge is -2.30. The van der Waals surface area contributed by atoms with Gasteiger partial charge in [0.15, 0.2) is 0 Å². The molecule has 1 N–H and O–H groups in total. The maximum absolute atomic E-state index is 5.21. The van der Waals surface area contributed by atoms with Crippen molar-refractivity contribution in [2.24, 2.45) is 9.98 Å². The first-order chi connectivity index (χ1) is 18.2. The van der Waals surface area contributed by atoms with Gasteiger partial charge in [0.1, 0.15) is 12.1 Å². The summed E-state index contributed by atoms with van der Waals surface area (Å²) in [4.78, 5) is 14.9. The van der Waals surface area contributed by atoms with Crippen LogP contribution in [0.1, 0.15) is 46.4 Å². The van der Waals surface area contributed by atoms with Crippen molar-refractivity contribution in [1.82, 2.24) is 15.1 Å². The molecule has 0 saturated carbocycles. The van der Waals surface area contributed by atoms with Crippen LogP contribution < -0.4 is 5.32 Å². The minimum Gasteiger partial charge on any atom is -0.336 e. The molecule has 0 bridgehead atoms. The van der Waals surface area contributed by atoms with E-state index in [0.29, 0.717) is 0 Å². The molecule has 2 aliphatic heterocycles. The van der Waals surface area contributed by atoms with Gasteiger partial charge in [-0.1, -0.05) is 121 Å². The molecule has 0 aliphatic carbocycles. The van der Waals surface area contributed by atoms with Gasteiger partial charge in [-0.3, -0.25) is 5.32 Å². The monoisotopic (exact) mass is 485 g/mol. The summed E-state index contributed by atoms with van der Waals surface area (Å²) in [5.74, 6) is 1.66. The number of benzene rings is 4. The molecule has 0 saturated heterocycles. The van der Waals surface area contributed by atoms with E-state index >= 15 is 0 Å². The van der Waals surface area contributed by atoms with E-state index in [1.165, 1.54) is 22.3 Å². The van der Waals surface area contributed by atoms with Crippen molar-refractivity contribution < 1.29 is 0 Å². The maximum atomic E-state index is 5.21. The van der Waals surface area contributed by atoms with Gasteiger partial charge in [-0.25, -0.2) is 9.98 Å². The molecule has 4 aromatic rings.